The van der Waals surface area contributed by atoms with Crippen LogP contribution in [0.1, 0.15) is 32.2 Å². The number of hydrogen-bond donors (Lipinski definition) is 2. The number of nitrogens with zero attached hydrogens (tertiary/aromatic N) is 4. The second-order valence-electron chi connectivity index (χ2n) is 6.10. The van der Waals surface area contributed by atoms with E-state index in [2.05, 4.69) is 46.4 Å². The predicted octanol–water partition coefficient (Wildman–Crippen LogP) is 2.43. The smallest absolute Gasteiger partial charge is 0.138 e. The van der Waals surface area contributed by atoms with Crippen molar-refractivity contribution in [3.05, 3.63) is 30.1 Å². The van der Waals surface area contributed by atoms with E-state index in [1.54, 1.807) is 6.20 Å². The summed E-state index contributed by atoms with van der Waals surface area (Å²) in [7, 11) is 1.89. The van der Waals surface area contributed by atoms with Crippen molar-refractivity contribution in [3.8, 4) is 0 Å². The van der Waals surface area contributed by atoms with E-state index in [0.29, 0.717) is 0 Å². The fraction of sp³-hybridized carbons (Fsp3) is 0.533. The van der Waals surface area contributed by atoms with Crippen molar-refractivity contribution in [2.75, 3.05) is 24.2 Å². The first-order valence-corrected chi connectivity index (χ1v) is 7.18. The summed E-state index contributed by atoms with van der Waals surface area (Å²) in [5.41, 5.74) is 0.955. The fourth-order valence-corrected chi connectivity index (χ4v) is 1.99. The maximum absolute atomic E-state index is 4.68. The SMILES string of the molecule is CNc1nc(C(C)(C)C)nc(NCCn2ccnc2)c1C. The summed E-state index contributed by atoms with van der Waals surface area (Å²) in [5.74, 6) is 2.60. The number of rotatable bonds is 5. The van der Waals surface area contributed by atoms with Crippen LogP contribution in [0, 0.1) is 6.92 Å². The number of anilines is 2. The van der Waals surface area contributed by atoms with Crippen molar-refractivity contribution in [2.45, 2.75) is 39.7 Å². The second kappa shape index (κ2) is 6.11. The van der Waals surface area contributed by atoms with Crippen LogP contribution in [0.15, 0.2) is 18.7 Å². The number of hydrogen-bond acceptors (Lipinski definition) is 5. The van der Waals surface area contributed by atoms with E-state index in [1.807, 2.05) is 31.1 Å². The van der Waals surface area contributed by atoms with Gasteiger partial charge in [0, 0.05) is 43.5 Å². The average Bonchev–Trinajstić information content (AvgIpc) is 2.92. The molecule has 0 saturated carbocycles. The van der Waals surface area contributed by atoms with Crippen molar-refractivity contribution < 1.29 is 0 Å². The normalized spacial score (nSPS) is 11.5. The molecule has 0 atom stereocenters. The Kier molecular flexibility index (Phi) is 4.45. The van der Waals surface area contributed by atoms with E-state index in [-0.39, 0.29) is 5.41 Å². The van der Waals surface area contributed by atoms with Crippen molar-refractivity contribution in [1.82, 2.24) is 19.5 Å². The van der Waals surface area contributed by atoms with E-state index in [0.717, 1.165) is 36.1 Å². The quantitative estimate of drug-likeness (QED) is 0.884. The lowest BCUT2D eigenvalue weighted by Crippen LogP contribution is -2.20. The second-order valence-corrected chi connectivity index (χ2v) is 6.10. The molecule has 2 N–H and O–H groups in total. The molecule has 2 heterocycles. The maximum atomic E-state index is 4.68. The highest BCUT2D eigenvalue weighted by atomic mass is 15.1. The van der Waals surface area contributed by atoms with Crippen molar-refractivity contribution >= 4 is 11.6 Å². The predicted molar refractivity (Wildman–Crippen MR) is 85.7 cm³/mol. The van der Waals surface area contributed by atoms with E-state index in [1.165, 1.54) is 0 Å². The molecule has 0 aliphatic rings. The standard InChI is InChI=1S/C15H24N6/c1-11-12(16-5)19-14(15(2,3)4)20-13(11)18-7-9-21-8-6-17-10-21/h6,8,10H,7,9H2,1-5H3,(H2,16,18,19,20). The summed E-state index contributed by atoms with van der Waals surface area (Å²) in [6.07, 6.45) is 5.55. The van der Waals surface area contributed by atoms with E-state index in [4.69, 9.17) is 0 Å². The molecule has 114 valence electrons. The van der Waals surface area contributed by atoms with Gasteiger partial charge >= 0.3 is 0 Å². The van der Waals surface area contributed by atoms with Crippen LogP contribution >= 0.6 is 0 Å². The molecule has 21 heavy (non-hydrogen) atoms. The van der Waals surface area contributed by atoms with Gasteiger partial charge in [0.1, 0.15) is 17.5 Å². The van der Waals surface area contributed by atoms with Gasteiger partial charge in [-0.05, 0) is 6.92 Å². The minimum Gasteiger partial charge on any atom is -0.373 e. The van der Waals surface area contributed by atoms with Gasteiger partial charge in [-0.25, -0.2) is 15.0 Å². The topological polar surface area (TPSA) is 67.7 Å². The maximum Gasteiger partial charge on any atom is 0.138 e. The molecule has 2 rings (SSSR count). The Morgan fingerprint density at radius 1 is 1.19 bits per heavy atom. The van der Waals surface area contributed by atoms with E-state index in [9.17, 15) is 0 Å². The molecule has 0 saturated heterocycles. The molecular weight excluding hydrogens is 264 g/mol. The minimum absolute atomic E-state index is 0.0833. The third-order valence-electron chi connectivity index (χ3n) is 3.28. The summed E-state index contributed by atoms with van der Waals surface area (Å²) in [4.78, 5) is 13.3. The summed E-state index contributed by atoms with van der Waals surface area (Å²) >= 11 is 0. The van der Waals surface area contributed by atoms with Crippen LogP contribution in [0.5, 0.6) is 0 Å². The van der Waals surface area contributed by atoms with Crippen molar-refractivity contribution in [2.24, 2.45) is 0 Å². The Balaban J connectivity index is 2.17. The molecular formula is C15H24N6. The average molecular weight is 288 g/mol. The molecule has 0 spiro atoms. The first kappa shape index (κ1) is 15.3. The molecule has 0 fully saturated rings. The van der Waals surface area contributed by atoms with Gasteiger partial charge in [0.05, 0.1) is 6.33 Å². The molecule has 0 amide bonds. The van der Waals surface area contributed by atoms with Crippen LogP contribution in [-0.4, -0.2) is 33.1 Å². The molecule has 6 nitrogen and oxygen atoms in total. The molecule has 0 aromatic carbocycles. The third-order valence-corrected chi connectivity index (χ3v) is 3.28. The zero-order valence-electron chi connectivity index (χ0n) is 13.4. The van der Waals surface area contributed by atoms with Crippen LogP contribution in [0.25, 0.3) is 0 Å². The molecule has 0 unspecified atom stereocenters. The van der Waals surface area contributed by atoms with Crippen molar-refractivity contribution in [1.29, 1.82) is 0 Å². The Morgan fingerprint density at radius 2 is 1.90 bits per heavy atom. The number of nitrogens with one attached hydrogen (secondary N) is 2. The van der Waals surface area contributed by atoms with E-state index >= 15 is 0 Å². The summed E-state index contributed by atoms with van der Waals surface area (Å²) < 4.78 is 2.03. The zero-order valence-corrected chi connectivity index (χ0v) is 13.4. The van der Waals surface area contributed by atoms with Crippen LogP contribution in [0.4, 0.5) is 11.6 Å². The van der Waals surface area contributed by atoms with Gasteiger partial charge in [0.15, 0.2) is 0 Å². The largest absolute Gasteiger partial charge is 0.373 e. The Hall–Kier alpha value is -2.11. The lowest BCUT2D eigenvalue weighted by Gasteiger charge is -2.20. The Morgan fingerprint density at radius 3 is 2.48 bits per heavy atom. The van der Waals surface area contributed by atoms with Gasteiger partial charge in [0.25, 0.3) is 0 Å². The van der Waals surface area contributed by atoms with Crippen LogP contribution < -0.4 is 10.6 Å². The Bertz CT molecular complexity index is 583. The van der Waals surface area contributed by atoms with Gasteiger partial charge < -0.3 is 15.2 Å². The molecule has 0 bridgehead atoms. The van der Waals surface area contributed by atoms with Gasteiger partial charge in [-0.15, -0.1) is 0 Å². The highest BCUT2D eigenvalue weighted by molar-refractivity contribution is 5.57. The Labute approximate surface area is 126 Å². The van der Waals surface area contributed by atoms with Crippen LogP contribution in [0.2, 0.25) is 0 Å². The van der Waals surface area contributed by atoms with Gasteiger partial charge in [0.2, 0.25) is 0 Å². The summed E-state index contributed by atoms with van der Waals surface area (Å²) in [5, 5.41) is 6.54. The molecule has 0 aliphatic carbocycles. The van der Waals surface area contributed by atoms with Gasteiger partial charge in [-0.1, -0.05) is 20.8 Å². The minimum atomic E-state index is -0.0833. The lowest BCUT2D eigenvalue weighted by molar-refractivity contribution is 0.546. The van der Waals surface area contributed by atoms with Crippen LogP contribution in [0.3, 0.4) is 0 Å². The first-order chi connectivity index (χ1) is 9.91. The monoisotopic (exact) mass is 288 g/mol. The van der Waals surface area contributed by atoms with Gasteiger partial charge in [-0.2, -0.15) is 0 Å². The number of aromatic nitrogens is 4. The first-order valence-electron chi connectivity index (χ1n) is 7.18. The highest BCUT2D eigenvalue weighted by Crippen LogP contribution is 2.25. The highest BCUT2D eigenvalue weighted by Gasteiger charge is 2.20. The molecule has 0 aliphatic heterocycles. The molecule has 2 aromatic heterocycles. The zero-order chi connectivity index (χ0) is 15.5. The summed E-state index contributed by atoms with van der Waals surface area (Å²) in [6.45, 7) is 10.0. The molecule has 6 heteroatoms. The van der Waals surface area contributed by atoms with Crippen molar-refractivity contribution in [3.63, 3.8) is 0 Å². The van der Waals surface area contributed by atoms with Crippen LogP contribution in [-0.2, 0) is 12.0 Å². The van der Waals surface area contributed by atoms with E-state index < -0.39 is 0 Å². The summed E-state index contributed by atoms with van der Waals surface area (Å²) in [6, 6.07) is 0. The fourth-order valence-electron chi connectivity index (χ4n) is 1.99. The third kappa shape index (κ3) is 3.71. The lowest BCUT2D eigenvalue weighted by atomic mass is 9.95. The molecule has 0 radical (unpaired) electrons. The van der Waals surface area contributed by atoms with Gasteiger partial charge in [-0.3, -0.25) is 0 Å². The number of imidazole rings is 1. The molecule has 2 aromatic rings.